The van der Waals surface area contributed by atoms with Crippen LogP contribution in [0.4, 0.5) is 11.4 Å². The number of carbonyl (C=O) groups is 1. The normalized spacial score (nSPS) is 12.1. The molecule has 3 aromatic carbocycles. The molecule has 32 heavy (non-hydrogen) atoms. The Labute approximate surface area is 197 Å². The van der Waals surface area contributed by atoms with Gasteiger partial charge in [-0.1, -0.05) is 42.3 Å². The highest BCUT2D eigenvalue weighted by Gasteiger charge is 2.20. The van der Waals surface area contributed by atoms with Crippen molar-refractivity contribution in [2.45, 2.75) is 31.3 Å². The van der Waals surface area contributed by atoms with Crippen LogP contribution in [-0.4, -0.2) is 20.4 Å². The van der Waals surface area contributed by atoms with Gasteiger partial charge in [-0.15, -0.1) is 0 Å². The van der Waals surface area contributed by atoms with Gasteiger partial charge < -0.3 is 10.1 Å². The third-order valence-corrected chi connectivity index (χ3v) is 6.71. The predicted octanol–water partition coefficient (Wildman–Crippen LogP) is 5.90. The number of ether oxygens (including phenoxy) is 1. The van der Waals surface area contributed by atoms with Gasteiger partial charge in [0.2, 0.25) is 0 Å². The maximum Gasteiger partial charge on any atom is 0.265 e. The Morgan fingerprint density at radius 3 is 2.38 bits per heavy atom. The molecule has 3 aromatic rings. The van der Waals surface area contributed by atoms with Crippen molar-refractivity contribution < 1.29 is 17.9 Å². The number of carbonyl (C=O) groups excluding carboxylic acids is 1. The fraction of sp³-hybridized carbons (Fsp3) is 0.174. The maximum atomic E-state index is 12.7. The minimum absolute atomic E-state index is 0.0529. The number of hydrogen-bond acceptors (Lipinski definition) is 4. The van der Waals surface area contributed by atoms with Crippen molar-refractivity contribution in [3.63, 3.8) is 0 Å². The van der Waals surface area contributed by atoms with Crippen molar-refractivity contribution in [2.24, 2.45) is 0 Å². The number of hydrogen-bond donors (Lipinski definition) is 2. The third-order valence-electron chi connectivity index (χ3n) is 4.68. The van der Waals surface area contributed by atoms with Crippen LogP contribution >= 0.6 is 23.2 Å². The molecule has 0 saturated carbocycles. The number of benzene rings is 3. The Morgan fingerprint density at radius 1 is 1.03 bits per heavy atom. The van der Waals surface area contributed by atoms with Gasteiger partial charge in [0.05, 0.1) is 10.6 Å². The lowest BCUT2D eigenvalue weighted by molar-refractivity contribution is -0.122. The predicted molar refractivity (Wildman–Crippen MR) is 128 cm³/mol. The smallest absolute Gasteiger partial charge is 0.265 e. The first-order valence-corrected chi connectivity index (χ1v) is 12.0. The molecular formula is C23H22Cl2N2O4S. The number of nitrogens with one attached hydrogen (secondary N) is 2. The maximum absolute atomic E-state index is 12.7. The summed E-state index contributed by atoms with van der Waals surface area (Å²) in [5.41, 5.74) is 1.48. The SMILES string of the molecule is CCC(Oc1cccc(Cl)c1)C(=O)Nc1ccc(S(=O)(=O)Nc2cccc(Cl)c2C)cc1. The van der Waals surface area contributed by atoms with E-state index in [1.807, 2.05) is 6.92 Å². The topological polar surface area (TPSA) is 84.5 Å². The Bertz CT molecular complexity index is 1210. The molecule has 0 aliphatic rings. The summed E-state index contributed by atoms with van der Waals surface area (Å²) in [5, 5.41) is 3.72. The van der Waals surface area contributed by atoms with E-state index in [-0.39, 0.29) is 10.8 Å². The summed E-state index contributed by atoms with van der Waals surface area (Å²) in [4.78, 5) is 12.7. The van der Waals surface area contributed by atoms with Crippen LogP contribution in [-0.2, 0) is 14.8 Å². The van der Waals surface area contributed by atoms with E-state index in [1.54, 1.807) is 49.4 Å². The van der Waals surface area contributed by atoms with Crippen LogP contribution in [0.5, 0.6) is 5.75 Å². The first-order chi connectivity index (χ1) is 15.2. The molecule has 0 spiro atoms. The highest BCUT2D eigenvalue weighted by atomic mass is 35.5. The standard InChI is InChI=1S/C23H22Cl2N2O4S/c1-3-22(31-18-7-4-6-16(24)14-18)23(28)26-17-10-12-19(13-11-17)32(29,30)27-21-9-5-8-20(25)15(21)2/h4-14,22,27H,3H2,1-2H3,(H,26,28). The van der Waals surface area contributed by atoms with E-state index in [0.29, 0.717) is 39.2 Å². The molecular weight excluding hydrogens is 471 g/mol. The summed E-state index contributed by atoms with van der Waals surface area (Å²) in [6.07, 6.45) is -0.294. The van der Waals surface area contributed by atoms with Gasteiger partial charge in [-0.05, 0) is 73.5 Å². The van der Waals surface area contributed by atoms with E-state index >= 15 is 0 Å². The van der Waals surface area contributed by atoms with Gasteiger partial charge >= 0.3 is 0 Å². The molecule has 0 aliphatic carbocycles. The average Bonchev–Trinajstić information content (AvgIpc) is 2.75. The van der Waals surface area contributed by atoms with Crippen LogP contribution < -0.4 is 14.8 Å². The van der Waals surface area contributed by atoms with Gasteiger partial charge in [0.25, 0.3) is 15.9 Å². The van der Waals surface area contributed by atoms with Crippen molar-refractivity contribution in [1.82, 2.24) is 0 Å². The van der Waals surface area contributed by atoms with Crippen LogP contribution in [0.3, 0.4) is 0 Å². The molecule has 0 aromatic heterocycles. The average molecular weight is 493 g/mol. The minimum atomic E-state index is -3.82. The van der Waals surface area contributed by atoms with Crippen molar-refractivity contribution in [3.8, 4) is 5.75 Å². The van der Waals surface area contributed by atoms with Crippen LogP contribution in [0, 0.1) is 6.92 Å². The largest absolute Gasteiger partial charge is 0.481 e. The van der Waals surface area contributed by atoms with Gasteiger partial charge in [-0.25, -0.2) is 8.42 Å². The van der Waals surface area contributed by atoms with Gasteiger partial charge in [-0.2, -0.15) is 0 Å². The molecule has 2 N–H and O–H groups in total. The number of sulfonamides is 1. The molecule has 9 heteroatoms. The molecule has 6 nitrogen and oxygen atoms in total. The number of halogens is 2. The van der Waals surface area contributed by atoms with Crippen molar-refractivity contribution in [2.75, 3.05) is 10.0 Å². The lowest BCUT2D eigenvalue weighted by atomic mass is 10.2. The minimum Gasteiger partial charge on any atom is -0.481 e. The summed E-state index contributed by atoms with van der Waals surface area (Å²) in [6.45, 7) is 3.56. The van der Waals surface area contributed by atoms with Crippen LogP contribution in [0.25, 0.3) is 0 Å². The second-order valence-corrected chi connectivity index (χ2v) is 9.53. The molecule has 1 atom stereocenters. The summed E-state index contributed by atoms with van der Waals surface area (Å²) in [5.74, 6) is 0.138. The molecule has 0 aliphatic heterocycles. The van der Waals surface area contributed by atoms with Gasteiger partial charge in [-0.3, -0.25) is 9.52 Å². The summed E-state index contributed by atoms with van der Waals surface area (Å²) in [7, 11) is -3.82. The van der Waals surface area contributed by atoms with E-state index < -0.39 is 16.1 Å². The number of anilines is 2. The molecule has 3 rings (SSSR count). The molecule has 0 heterocycles. The van der Waals surface area contributed by atoms with Crippen LogP contribution in [0.2, 0.25) is 10.0 Å². The van der Waals surface area contributed by atoms with Crippen molar-refractivity contribution in [3.05, 3.63) is 82.3 Å². The summed E-state index contributed by atoms with van der Waals surface area (Å²) >= 11 is 12.0. The van der Waals surface area contributed by atoms with Gasteiger partial charge in [0.15, 0.2) is 6.10 Å². The fourth-order valence-electron chi connectivity index (χ4n) is 2.89. The first kappa shape index (κ1) is 23.9. The molecule has 1 amide bonds. The van der Waals surface area contributed by atoms with Crippen LogP contribution in [0.15, 0.2) is 71.6 Å². The zero-order chi connectivity index (χ0) is 23.3. The molecule has 1 unspecified atom stereocenters. The van der Waals surface area contributed by atoms with Crippen molar-refractivity contribution >= 4 is 50.5 Å². The Balaban J connectivity index is 1.69. The number of amides is 1. The van der Waals surface area contributed by atoms with E-state index in [4.69, 9.17) is 27.9 Å². The van der Waals surface area contributed by atoms with Crippen LogP contribution in [0.1, 0.15) is 18.9 Å². The lowest BCUT2D eigenvalue weighted by Gasteiger charge is -2.17. The monoisotopic (exact) mass is 492 g/mol. The molecule has 168 valence electrons. The Hall–Kier alpha value is -2.74. The fourth-order valence-corrected chi connectivity index (χ4v) is 4.37. The number of rotatable bonds is 8. The lowest BCUT2D eigenvalue weighted by Crippen LogP contribution is -2.32. The highest BCUT2D eigenvalue weighted by Crippen LogP contribution is 2.26. The van der Waals surface area contributed by atoms with E-state index in [2.05, 4.69) is 10.0 Å². The molecule has 0 saturated heterocycles. The zero-order valence-corrected chi connectivity index (χ0v) is 19.8. The Kier molecular flexibility index (Phi) is 7.66. The molecule has 0 fully saturated rings. The van der Waals surface area contributed by atoms with Gasteiger partial charge in [0, 0.05) is 15.7 Å². The second kappa shape index (κ2) is 10.3. The van der Waals surface area contributed by atoms with E-state index in [1.165, 1.54) is 24.3 Å². The molecule has 0 radical (unpaired) electrons. The highest BCUT2D eigenvalue weighted by molar-refractivity contribution is 7.92. The third kappa shape index (κ3) is 5.94. The summed E-state index contributed by atoms with van der Waals surface area (Å²) < 4.78 is 33.7. The van der Waals surface area contributed by atoms with E-state index in [9.17, 15) is 13.2 Å². The molecule has 0 bridgehead atoms. The van der Waals surface area contributed by atoms with Gasteiger partial charge in [0.1, 0.15) is 5.75 Å². The van der Waals surface area contributed by atoms with Crippen molar-refractivity contribution in [1.29, 1.82) is 0 Å². The quantitative estimate of drug-likeness (QED) is 0.409. The first-order valence-electron chi connectivity index (χ1n) is 9.80. The second-order valence-electron chi connectivity index (χ2n) is 7.00. The van der Waals surface area contributed by atoms with E-state index in [0.717, 1.165) is 0 Å². The zero-order valence-electron chi connectivity index (χ0n) is 17.4. The summed E-state index contributed by atoms with van der Waals surface area (Å²) in [6, 6.07) is 17.7. The Morgan fingerprint density at radius 2 is 1.72 bits per heavy atom.